The quantitative estimate of drug-likeness (QED) is 0.779. The average molecular weight is 394 g/mol. The molecule has 1 N–H and O–H groups in total. The van der Waals surface area contributed by atoms with Gasteiger partial charge < -0.3 is 14.5 Å². The van der Waals surface area contributed by atoms with Crippen LogP contribution in [0.25, 0.3) is 0 Å². The summed E-state index contributed by atoms with van der Waals surface area (Å²) in [5, 5.41) is 3.13. The summed E-state index contributed by atoms with van der Waals surface area (Å²) in [5.74, 6) is 0.959. The minimum Gasteiger partial charge on any atom is -0.497 e. The van der Waals surface area contributed by atoms with Crippen LogP contribution in [-0.4, -0.2) is 43.7 Å². The summed E-state index contributed by atoms with van der Waals surface area (Å²) in [7, 11) is 1.66. The number of piperidine rings is 1. The molecule has 5 heteroatoms. The van der Waals surface area contributed by atoms with Gasteiger partial charge in [0.05, 0.1) is 26.7 Å². The third-order valence-corrected chi connectivity index (χ3v) is 4.92. The molecule has 1 heterocycles. The van der Waals surface area contributed by atoms with Crippen molar-refractivity contribution < 1.29 is 46.7 Å². The van der Waals surface area contributed by atoms with Crippen molar-refractivity contribution in [2.75, 3.05) is 38.6 Å². The van der Waals surface area contributed by atoms with Crippen LogP contribution < -0.4 is 10.1 Å². The second-order valence-corrected chi connectivity index (χ2v) is 6.51. The minimum absolute atomic E-state index is 0. The van der Waals surface area contributed by atoms with Crippen LogP contribution in [-0.2, 0) is 37.5 Å². The number of likely N-dealkylation sites (tertiary alicyclic amines) is 1. The summed E-state index contributed by atoms with van der Waals surface area (Å²) >= 11 is 0. The zero-order chi connectivity index (χ0) is 16.2. The molecule has 1 aromatic rings. The monoisotopic (exact) mass is 394 g/mol. The van der Waals surface area contributed by atoms with Gasteiger partial charge >= 0.3 is 0 Å². The molecule has 0 saturated carbocycles. The van der Waals surface area contributed by atoms with Gasteiger partial charge in [0.2, 0.25) is 0 Å². The first kappa shape index (κ1) is 20.6. The maximum absolute atomic E-state index is 12.5. The topological polar surface area (TPSA) is 38.3 Å². The zero-order valence-electron chi connectivity index (χ0n) is 14.9. The zero-order valence-corrected chi connectivity index (χ0v) is 17.8. The molecule has 1 saturated heterocycles. The third kappa shape index (κ3) is 5.27. The van der Waals surface area contributed by atoms with Gasteiger partial charge in [-0.3, -0.25) is 4.79 Å². The number of carbonyl (C=O) groups excluding carboxylic acids is 1. The molecule has 0 aromatic heterocycles. The Bertz CT molecular complexity index is 517. The van der Waals surface area contributed by atoms with Gasteiger partial charge in [-0.15, -0.1) is 0 Å². The minimum atomic E-state index is 0. The van der Waals surface area contributed by atoms with Crippen LogP contribution in [0, 0.1) is 13.8 Å². The Kier molecular flexibility index (Phi) is 8.19. The Hall–Kier alpha value is -0.446. The van der Waals surface area contributed by atoms with E-state index in [1.807, 2.05) is 26.0 Å². The van der Waals surface area contributed by atoms with Gasteiger partial charge in [0.1, 0.15) is 5.75 Å². The van der Waals surface area contributed by atoms with Gasteiger partial charge in [-0.05, 0) is 63.3 Å². The van der Waals surface area contributed by atoms with Crippen molar-refractivity contribution in [3.8, 4) is 5.75 Å². The first-order valence-corrected chi connectivity index (χ1v) is 8.30. The number of anilines is 1. The molecule has 0 aliphatic carbocycles. The second-order valence-electron chi connectivity index (χ2n) is 6.51. The molecule has 1 fully saturated rings. The maximum atomic E-state index is 12.5. The normalized spacial score (nSPS) is 16.3. The predicted octanol–water partition coefficient (Wildman–Crippen LogP) is 3.27. The summed E-state index contributed by atoms with van der Waals surface area (Å²) in [6.07, 6.45) is 3.78. The van der Waals surface area contributed by atoms with Crippen LogP contribution in [0.5, 0.6) is 5.75 Å². The van der Waals surface area contributed by atoms with Crippen molar-refractivity contribution in [1.29, 1.82) is 0 Å². The fraction of sp³-hybridized carbons (Fsp3) is 0.611. The number of hydrogen-bond donors (Lipinski definition) is 1. The number of nitrogens with one attached hydrogen (secondary N) is 1. The van der Waals surface area contributed by atoms with E-state index < -0.39 is 0 Å². The summed E-state index contributed by atoms with van der Waals surface area (Å²) in [6, 6.07) is 3.93. The number of nitrogens with zero attached hydrogens (tertiary/aromatic N) is 1. The smallest absolute Gasteiger partial charge is 0.279 e. The molecule has 0 spiro atoms. The van der Waals surface area contributed by atoms with Crippen molar-refractivity contribution in [2.24, 2.45) is 0 Å². The maximum Gasteiger partial charge on any atom is 0.279 e. The molecule has 1 radical (unpaired) electrons. The van der Waals surface area contributed by atoms with Crippen LogP contribution in [0.15, 0.2) is 12.1 Å². The van der Waals surface area contributed by atoms with E-state index in [1.165, 1.54) is 19.3 Å². The number of rotatable bonds is 5. The van der Waals surface area contributed by atoms with Crippen molar-refractivity contribution in [3.63, 3.8) is 0 Å². The SMILES string of the molecule is CC[N+]1(CC(=O)Nc2c(C)cc(OC)cc2C)CCCCC1.[Y]. The Morgan fingerprint density at radius 1 is 1.17 bits per heavy atom. The fourth-order valence-corrected chi connectivity index (χ4v) is 3.49. The van der Waals surface area contributed by atoms with Crippen molar-refractivity contribution in [1.82, 2.24) is 0 Å². The molecule has 1 aromatic carbocycles. The molecule has 0 unspecified atom stereocenters. The molecule has 125 valence electrons. The summed E-state index contributed by atoms with van der Waals surface area (Å²) in [6.45, 7) is 10.1. The van der Waals surface area contributed by atoms with Gasteiger partial charge in [0.15, 0.2) is 6.54 Å². The number of amides is 1. The van der Waals surface area contributed by atoms with Crippen LogP contribution in [0.4, 0.5) is 5.69 Å². The predicted molar refractivity (Wildman–Crippen MR) is 90.4 cm³/mol. The molecule has 0 bridgehead atoms. The van der Waals surface area contributed by atoms with E-state index in [4.69, 9.17) is 4.74 Å². The Labute approximate surface area is 165 Å². The van der Waals surface area contributed by atoms with E-state index in [-0.39, 0.29) is 38.6 Å². The van der Waals surface area contributed by atoms with Gasteiger partial charge in [-0.1, -0.05) is 0 Å². The number of benzene rings is 1. The fourth-order valence-electron chi connectivity index (χ4n) is 3.49. The van der Waals surface area contributed by atoms with Gasteiger partial charge in [0, 0.05) is 38.4 Å². The second kappa shape index (κ2) is 9.15. The van der Waals surface area contributed by atoms with E-state index in [0.29, 0.717) is 6.54 Å². The van der Waals surface area contributed by atoms with E-state index in [9.17, 15) is 4.79 Å². The van der Waals surface area contributed by atoms with E-state index >= 15 is 0 Å². The first-order valence-electron chi connectivity index (χ1n) is 8.30. The van der Waals surface area contributed by atoms with Crippen molar-refractivity contribution in [3.05, 3.63) is 23.3 Å². The molecule has 4 nitrogen and oxygen atoms in total. The number of quaternary nitrogens is 1. The molecule has 0 atom stereocenters. The summed E-state index contributed by atoms with van der Waals surface area (Å²) in [4.78, 5) is 12.5. The molecule has 2 rings (SSSR count). The number of carbonyl (C=O) groups is 1. The van der Waals surface area contributed by atoms with Gasteiger partial charge in [-0.25, -0.2) is 0 Å². The van der Waals surface area contributed by atoms with Gasteiger partial charge in [-0.2, -0.15) is 0 Å². The molecule has 23 heavy (non-hydrogen) atoms. The van der Waals surface area contributed by atoms with E-state index in [2.05, 4.69) is 12.2 Å². The van der Waals surface area contributed by atoms with Crippen LogP contribution in [0.2, 0.25) is 0 Å². The summed E-state index contributed by atoms with van der Waals surface area (Å²) < 4.78 is 6.21. The van der Waals surface area contributed by atoms with E-state index in [0.717, 1.165) is 46.7 Å². The first-order chi connectivity index (χ1) is 10.5. The molecule has 1 aliphatic heterocycles. The van der Waals surface area contributed by atoms with E-state index in [1.54, 1.807) is 7.11 Å². The number of methoxy groups -OCH3 is 1. The Morgan fingerprint density at radius 2 is 1.74 bits per heavy atom. The van der Waals surface area contributed by atoms with Crippen LogP contribution in [0.3, 0.4) is 0 Å². The number of aryl methyl sites for hydroxylation is 2. The standard InChI is InChI=1S/C18H28N2O2.Y/c1-5-20(9-7-6-8-10-20)13-17(21)19-18-14(2)11-16(22-4)12-15(18)3;/h11-12H,5-10,13H2,1-4H3;/p+1. The van der Waals surface area contributed by atoms with Gasteiger partial charge in [0.25, 0.3) is 5.91 Å². The van der Waals surface area contributed by atoms with Crippen LogP contribution >= 0.6 is 0 Å². The Morgan fingerprint density at radius 3 is 2.22 bits per heavy atom. The van der Waals surface area contributed by atoms with Crippen LogP contribution in [0.1, 0.15) is 37.3 Å². The number of ether oxygens (including phenoxy) is 1. The average Bonchev–Trinajstić information content (AvgIpc) is 2.51. The van der Waals surface area contributed by atoms with Crippen molar-refractivity contribution >= 4 is 11.6 Å². The largest absolute Gasteiger partial charge is 0.497 e. The number of likely N-dealkylation sites (N-methyl/N-ethyl adjacent to an activating group) is 1. The molecule has 1 aliphatic rings. The van der Waals surface area contributed by atoms with Crippen molar-refractivity contribution in [2.45, 2.75) is 40.0 Å². The summed E-state index contributed by atoms with van der Waals surface area (Å²) in [5.41, 5.74) is 3.02. The third-order valence-electron chi connectivity index (χ3n) is 4.92. The molecule has 1 amide bonds. The molecular formula is C18H29N2O2Y+. The Balaban J connectivity index is 0.00000264. The molecular weight excluding hydrogens is 365 g/mol. The number of hydrogen-bond acceptors (Lipinski definition) is 2.